The van der Waals surface area contributed by atoms with Gasteiger partial charge in [0.1, 0.15) is 5.82 Å². The largest absolute Gasteiger partial charge is 0.368 e. The van der Waals surface area contributed by atoms with Gasteiger partial charge in [-0.15, -0.1) is 0 Å². The fraction of sp³-hybridized carbons (Fsp3) is 0.381. The number of hydrogen-bond donors (Lipinski definition) is 0. The Bertz CT molecular complexity index is 1030. The fourth-order valence-electron chi connectivity index (χ4n) is 4.24. The molecule has 29 heavy (non-hydrogen) atoms. The van der Waals surface area contributed by atoms with E-state index in [-0.39, 0.29) is 17.8 Å². The first kappa shape index (κ1) is 19.7. The Kier molecular flexibility index (Phi) is 4.98. The minimum atomic E-state index is -3.34. The molecule has 8 heteroatoms. The fourth-order valence-corrected chi connectivity index (χ4v) is 5.51. The molecule has 0 spiro atoms. The topological polar surface area (TPSA) is 60.9 Å². The minimum Gasteiger partial charge on any atom is -0.368 e. The molecule has 4 rings (SSSR count). The summed E-state index contributed by atoms with van der Waals surface area (Å²) in [6.45, 7) is 4.40. The standard InChI is InChI=1S/C21H24FN3O3S/c1-15-13-17-14-16(3-8-20(17)25(15)29(2,27)28)21(26)24-11-9-23(10-12-24)19-6-4-18(22)5-7-19/h3-8,14-15H,9-13H2,1-2H3. The maximum atomic E-state index is 13.1. The molecule has 0 radical (unpaired) electrons. The molecule has 2 heterocycles. The van der Waals surface area contributed by atoms with E-state index >= 15 is 0 Å². The summed E-state index contributed by atoms with van der Waals surface area (Å²) in [5.41, 5.74) is 3.09. The predicted octanol–water partition coefficient (Wildman–Crippen LogP) is 2.50. The number of carbonyl (C=O) groups is 1. The molecule has 1 amide bonds. The van der Waals surface area contributed by atoms with Gasteiger partial charge in [0.15, 0.2) is 0 Å². The SMILES string of the molecule is CC1Cc2cc(C(=O)N3CCN(c4ccc(F)cc4)CC3)ccc2N1S(C)(=O)=O. The second-order valence-corrected chi connectivity index (χ2v) is 9.57. The summed E-state index contributed by atoms with van der Waals surface area (Å²) >= 11 is 0. The first-order chi connectivity index (χ1) is 13.7. The van der Waals surface area contributed by atoms with Crippen molar-refractivity contribution in [2.75, 3.05) is 41.6 Å². The van der Waals surface area contributed by atoms with E-state index in [0.717, 1.165) is 11.3 Å². The summed E-state index contributed by atoms with van der Waals surface area (Å²) < 4.78 is 38.7. The molecule has 0 N–H and O–H groups in total. The number of piperazine rings is 1. The first-order valence-corrected chi connectivity index (χ1v) is 11.5. The van der Waals surface area contributed by atoms with Crippen molar-refractivity contribution in [1.29, 1.82) is 0 Å². The summed E-state index contributed by atoms with van der Waals surface area (Å²) in [4.78, 5) is 16.9. The molecule has 0 aromatic heterocycles. The van der Waals surface area contributed by atoms with Crippen molar-refractivity contribution in [2.24, 2.45) is 0 Å². The van der Waals surface area contributed by atoms with Crippen LogP contribution >= 0.6 is 0 Å². The summed E-state index contributed by atoms with van der Waals surface area (Å²) in [5.74, 6) is -0.306. The Hall–Kier alpha value is -2.61. The van der Waals surface area contributed by atoms with Crippen molar-refractivity contribution in [2.45, 2.75) is 19.4 Å². The third-order valence-corrected chi connectivity index (χ3v) is 6.87. The highest BCUT2D eigenvalue weighted by Gasteiger charge is 2.33. The van der Waals surface area contributed by atoms with E-state index in [9.17, 15) is 17.6 Å². The molecule has 1 atom stereocenters. The number of sulfonamides is 1. The Morgan fingerprint density at radius 2 is 1.69 bits per heavy atom. The Labute approximate surface area is 170 Å². The second-order valence-electron chi connectivity index (χ2n) is 7.71. The normalized spacial score (nSPS) is 19.4. The highest BCUT2D eigenvalue weighted by Crippen LogP contribution is 2.35. The molecular formula is C21H24FN3O3S. The van der Waals surface area contributed by atoms with E-state index in [1.165, 1.54) is 22.7 Å². The highest BCUT2D eigenvalue weighted by molar-refractivity contribution is 7.92. The third-order valence-electron chi connectivity index (χ3n) is 5.60. The average Bonchev–Trinajstić information content (AvgIpc) is 3.03. The average molecular weight is 418 g/mol. The van der Waals surface area contributed by atoms with E-state index in [4.69, 9.17) is 0 Å². The molecule has 1 unspecified atom stereocenters. The minimum absolute atomic E-state index is 0.0444. The molecule has 154 valence electrons. The summed E-state index contributed by atoms with van der Waals surface area (Å²) in [5, 5.41) is 0. The predicted molar refractivity (Wildman–Crippen MR) is 111 cm³/mol. The van der Waals surface area contributed by atoms with Crippen molar-refractivity contribution >= 4 is 27.3 Å². The molecule has 0 aliphatic carbocycles. The summed E-state index contributed by atoms with van der Waals surface area (Å²) in [6, 6.07) is 11.5. The number of fused-ring (bicyclic) bond motifs is 1. The number of rotatable bonds is 3. The number of halogens is 1. The molecule has 1 fully saturated rings. The molecule has 2 aliphatic rings. The van der Waals surface area contributed by atoms with Crippen LogP contribution in [0.5, 0.6) is 0 Å². The number of benzene rings is 2. The molecule has 2 aliphatic heterocycles. The zero-order valence-corrected chi connectivity index (χ0v) is 17.3. The monoisotopic (exact) mass is 417 g/mol. The van der Waals surface area contributed by atoms with Crippen molar-refractivity contribution in [3.63, 3.8) is 0 Å². The Morgan fingerprint density at radius 3 is 2.31 bits per heavy atom. The van der Waals surface area contributed by atoms with Gasteiger partial charge < -0.3 is 9.80 Å². The van der Waals surface area contributed by atoms with E-state index in [1.807, 2.05) is 17.9 Å². The van der Waals surface area contributed by atoms with Gasteiger partial charge in [-0.3, -0.25) is 9.10 Å². The number of hydrogen-bond acceptors (Lipinski definition) is 4. The van der Waals surface area contributed by atoms with Gasteiger partial charge in [0.2, 0.25) is 10.0 Å². The van der Waals surface area contributed by atoms with Crippen molar-refractivity contribution in [3.05, 3.63) is 59.4 Å². The summed E-state index contributed by atoms with van der Waals surface area (Å²) in [7, 11) is -3.34. The molecule has 2 aromatic carbocycles. The maximum Gasteiger partial charge on any atom is 0.253 e. The van der Waals surface area contributed by atoms with Gasteiger partial charge in [-0.2, -0.15) is 0 Å². The van der Waals surface area contributed by atoms with Gasteiger partial charge in [-0.1, -0.05) is 0 Å². The van der Waals surface area contributed by atoms with Crippen molar-refractivity contribution < 1.29 is 17.6 Å². The number of carbonyl (C=O) groups excluding carboxylic acids is 1. The molecular weight excluding hydrogens is 393 g/mol. The van der Waals surface area contributed by atoms with Crippen molar-refractivity contribution in [1.82, 2.24) is 4.90 Å². The van der Waals surface area contributed by atoms with Crippen LogP contribution in [0, 0.1) is 5.82 Å². The van der Waals surface area contributed by atoms with Gasteiger partial charge in [0.25, 0.3) is 5.91 Å². The Balaban J connectivity index is 1.46. The van der Waals surface area contributed by atoms with E-state index in [1.54, 1.807) is 24.3 Å². The molecule has 0 bridgehead atoms. The van der Waals surface area contributed by atoms with E-state index in [0.29, 0.717) is 43.9 Å². The summed E-state index contributed by atoms with van der Waals surface area (Å²) in [6.07, 6.45) is 1.81. The van der Waals surface area contributed by atoms with Gasteiger partial charge in [0.05, 0.1) is 11.9 Å². The third kappa shape index (κ3) is 3.81. The van der Waals surface area contributed by atoms with E-state index < -0.39 is 10.0 Å². The van der Waals surface area contributed by atoms with Crippen LogP contribution in [0.3, 0.4) is 0 Å². The zero-order chi connectivity index (χ0) is 20.8. The lowest BCUT2D eigenvalue weighted by atomic mass is 10.1. The smallest absolute Gasteiger partial charge is 0.253 e. The van der Waals surface area contributed by atoms with Crippen LogP contribution < -0.4 is 9.21 Å². The lowest BCUT2D eigenvalue weighted by Crippen LogP contribution is -2.48. The van der Waals surface area contributed by atoms with Gasteiger partial charge in [0, 0.05) is 43.5 Å². The lowest BCUT2D eigenvalue weighted by Gasteiger charge is -2.36. The maximum absolute atomic E-state index is 13.1. The van der Waals surface area contributed by atoms with Gasteiger partial charge in [-0.05, 0) is 61.4 Å². The van der Waals surface area contributed by atoms with Crippen LogP contribution in [-0.4, -0.2) is 57.7 Å². The highest BCUT2D eigenvalue weighted by atomic mass is 32.2. The van der Waals surface area contributed by atoms with Crippen LogP contribution in [0.25, 0.3) is 0 Å². The van der Waals surface area contributed by atoms with Crippen LogP contribution in [0.4, 0.5) is 15.8 Å². The second kappa shape index (κ2) is 7.33. The lowest BCUT2D eigenvalue weighted by molar-refractivity contribution is 0.0746. The van der Waals surface area contributed by atoms with Gasteiger partial charge >= 0.3 is 0 Å². The van der Waals surface area contributed by atoms with Crippen molar-refractivity contribution in [3.8, 4) is 0 Å². The number of amides is 1. The van der Waals surface area contributed by atoms with Crippen LogP contribution in [-0.2, 0) is 16.4 Å². The van der Waals surface area contributed by atoms with Crippen LogP contribution in [0.2, 0.25) is 0 Å². The Morgan fingerprint density at radius 1 is 1.03 bits per heavy atom. The zero-order valence-electron chi connectivity index (χ0n) is 16.5. The molecule has 6 nitrogen and oxygen atoms in total. The molecule has 0 saturated carbocycles. The number of nitrogens with zero attached hydrogens (tertiary/aromatic N) is 3. The van der Waals surface area contributed by atoms with Crippen LogP contribution in [0.1, 0.15) is 22.8 Å². The van der Waals surface area contributed by atoms with E-state index in [2.05, 4.69) is 4.90 Å². The molecule has 2 aromatic rings. The van der Waals surface area contributed by atoms with Gasteiger partial charge in [-0.25, -0.2) is 12.8 Å². The first-order valence-electron chi connectivity index (χ1n) is 9.66. The quantitative estimate of drug-likeness (QED) is 0.770. The molecule has 1 saturated heterocycles. The van der Waals surface area contributed by atoms with Crippen LogP contribution in [0.15, 0.2) is 42.5 Å². The number of anilines is 2.